The van der Waals surface area contributed by atoms with Gasteiger partial charge >= 0.3 is 0 Å². The number of hydrazine groups is 1. The van der Waals surface area contributed by atoms with Gasteiger partial charge in [0.1, 0.15) is 0 Å². The molecule has 0 aromatic heterocycles. The Bertz CT molecular complexity index is 644. The summed E-state index contributed by atoms with van der Waals surface area (Å²) in [5, 5.41) is 9.93. The molecule has 108 valence electrons. The van der Waals surface area contributed by atoms with E-state index in [1.54, 1.807) is 24.3 Å². The SMILES string of the molecule is C=C(NNC(=O)[C@H](O)c1ccccc1)c1cccc(Br)c1. The average molecular weight is 347 g/mol. The molecule has 0 saturated heterocycles. The maximum absolute atomic E-state index is 11.9. The first-order chi connectivity index (χ1) is 10.1. The normalized spacial score (nSPS) is 11.5. The van der Waals surface area contributed by atoms with Gasteiger partial charge in [-0.2, -0.15) is 0 Å². The lowest BCUT2D eigenvalue weighted by molar-refractivity contribution is -0.130. The van der Waals surface area contributed by atoms with Crippen LogP contribution in [0, 0.1) is 0 Å². The van der Waals surface area contributed by atoms with Crippen molar-refractivity contribution in [2.24, 2.45) is 0 Å². The number of carbonyl (C=O) groups is 1. The van der Waals surface area contributed by atoms with Gasteiger partial charge in [0, 0.05) is 4.47 Å². The number of rotatable bonds is 5. The number of aliphatic hydroxyl groups excluding tert-OH is 1. The molecule has 0 radical (unpaired) electrons. The van der Waals surface area contributed by atoms with Crippen LogP contribution in [-0.2, 0) is 4.79 Å². The van der Waals surface area contributed by atoms with Gasteiger partial charge in [0.25, 0.3) is 5.91 Å². The standard InChI is InChI=1S/C16H15BrN2O2/c1-11(13-8-5-9-14(17)10-13)18-19-16(21)15(20)12-6-3-2-4-7-12/h2-10,15,18,20H,1H2,(H,19,21)/t15-/m1/s1. The van der Waals surface area contributed by atoms with Crippen LogP contribution >= 0.6 is 15.9 Å². The molecule has 4 nitrogen and oxygen atoms in total. The van der Waals surface area contributed by atoms with Gasteiger partial charge in [0.05, 0.1) is 5.70 Å². The molecule has 2 aromatic rings. The summed E-state index contributed by atoms with van der Waals surface area (Å²) in [6.07, 6.45) is -1.23. The molecule has 0 fully saturated rings. The molecule has 2 aromatic carbocycles. The number of amides is 1. The van der Waals surface area contributed by atoms with Crippen LogP contribution in [0.15, 0.2) is 65.6 Å². The predicted octanol–water partition coefficient (Wildman–Crippen LogP) is 2.77. The van der Waals surface area contributed by atoms with Crippen LogP contribution in [0.1, 0.15) is 17.2 Å². The Balaban J connectivity index is 1.93. The second-order valence-corrected chi connectivity index (χ2v) is 5.33. The van der Waals surface area contributed by atoms with Gasteiger partial charge in [0.2, 0.25) is 0 Å². The largest absolute Gasteiger partial charge is 0.378 e. The van der Waals surface area contributed by atoms with Crippen molar-refractivity contribution in [3.63, 3.8) is 0 Å². The number of benzene rings is 2. The first kappa shape index (κ1) is 15.3. The van der Waals surface area contributed by atoms with Gasteiger partial charge < -0.3 is 5.11 Å². The molecule has 0 aliphatic heterocycles. The minimum atomic E-state index is -1.23. The highest BCUT2D eigenvalue weighted by Gasteiger charge is 2.16. The van der Waals surface area contributed by atoms with Gasteiger partial charge in [-0.1, -0.05) is 65.0 Å². The average Bonchev–Trinajstić information content (AvgIpc) is 2.52. The fraction of sp³-hybridized carbons (Fsp3) is 0.0625. The summed E-state index contributed by atoms with van der Waals surface area (Å²) in [6.45, 7) is 3.84. The van der Waals surface area contributed by atoms with Crippen LogP contribution < -0.4 is 10.9 Å². The van der Waals surface area contributed by atoms with Crippen molar-refractivity contribution < 1.29 is 9.90 Å². The molecule has 21 heavy (non-hydrogen) atoms. The number of carbonyl (C=O) groups excluding carboxylic acids is 1. The van der Waals surface area contributed by atoms with Crippen molar-refractivity contribution in [2.75, 3.05) is 0 Å². The Morgan fingerprint density at radius 2 is 1.81 bits per heavy atom. The Morgan fingerprint density at radius 3 is 2.48 bits per heavy atom. The zero-order chi connectivity index (χ0) is 15.2. The van der Waals surface area contributed by atoms with E-state index in [0.29, 0.717) is 11.3 Å². The highest BCUT2D eigenvalue weighted by molar-refractivity contribution is 9.10. The number of aliphatic hydroxyl groups is 1. The smallest absolute Gasteiger partial charge is 0.271 e. The van der Waals surface area contributed by atoms with Crippen LogP contribution in [0.25, 0.3) is 5.70 Å². The summed E-state index contributed by atoms with van der Waals surface area (Å²) in [6, 6.07) is 16.2. The number of hydrogen-bond donors (Lipinski definition) is 3. The molecule has 0 heterocycles. The van der Waals surface area contributed by atoms with E-state index in [1.807, 2.05) is 30.3 Å². The van der Waals surface area contributed by atoms with Crippen LogP contribution in [0.2, 0.25) is 0 Å². The highest BCUT2D eigenvalue weighted by atomic mass is 79.9. The minimum absolute atomic E-state index is 0.532. The van der Waals surface area contributed by atoms with E-state index in [9.17, 15) is 9.90 Å². The van der Waals surface area contributed by atoms with Gasteiger partial charge in [-0.05, 0) is 23.3 Å². The second kappa shape index (κ2) is 7.06. The molecule has 0 spiro atoms. The van der Waals surface area contributed by atoms with E-state index in [4.69, 9.17) is 0 Å². The van der Waals surface area contributed by atoms with Crippen molar-refractivity contribution in [3.05, 3.63) is 76.8 Å². The van der Waals surface area contributed by atoms with Crippen molar-refractivity contribution >= 4 is 27.5 Å². The molecule has 3 N–H and O–H groups in total. The van der Waals surface area contributed by atoms with Gasteiger partial charge in [0.15, 0.2) is 6.10 Å². The monoisotopic (exact) mass is 346 g/mol. The third-order valence-electron chi connectivity index (χ3n) is 2.87. The van der Waals surface area contributed by atoms with Crippen LogP contribution in [0.5, 0.6) is 0 Å². The molecule has 1 atom stereocenters. The quantitative estimate of drug-likeness (QED) is 0.729. The zero-order valence-electron chi connectivity index (χ0n) is 11.2. The molecular formula is C16H15BrN2O2. The Kier molecular flexibility index (Phi) is 5.14. The summed E-state index contributed by atoms with van der Waals surface area (Å²) in [5.74, 6) is -0.544. The van der Waals surface area contributed by atoms with Crippen molar-refractivity contribution in [3.8, 4) is 0 Å². The lowest BCUT2D eigenvalue weighted by Crippen LogP contribution is -2.39. The third kappa shape index (κ3) is 4.18. The number of nitrogens with one attached hydrogen (secondary N) is 2. The highest BCUT2D eigenvalue weighted by Crippen LogP contribution is 2.16. The molecule has 1 amide bonds. The van der Waals surface area contributed by atoms with Gasteiger partial charge in [-0.25, -0.2) is 0 Å². The topological polar surface area (TPSA) is 61.4 Å². The van der Waals surface area contributed by atoms with Crippen molar-refractivity contribution in [1.82, 2.24) is 10.9 Å². The van der Waals surface area contributed by atoms with Crippen LogP contribution in [0.4, 0.5) is 0 Å². The van der Waals surface area contributed by atoms with E-state index in [1.165, 1.54) is 0 Å². The molecule has 0 aliphatic carbocycles. The predicted molar refractivity (Wildman–Crippen MR) is 85.9 cm³/mol. The number of hydrogen-bond acceptors (Lipinski definition) is 3. The zero-order valence-corrected chi connectivity index (χ0v) is 12.8. The lowest BCUT2D eigenvalue weighted by Gasteiger charge is -2.15. The number of halogens is 1. The Labute approximate surface area is 131 Å². The van der Waals surface area contributed by atoms with E-state index >= 15 is 0 Å². The minimum Gasteiger partial charge on any atom is -0.378 e. The van der Waals surface area contributed by atoms with Gasteiger partial charge in [-0.15, -0.1) is 0 Å². The van der Waals surface area contributed by atoms with Crippen LogP contribution in [0.3, 0.4) is 0 Å². The Hall–Kier alpha value is -2.11. The summed E-state index contributed by atoms with van der Waals surface area (Å²) in [5.41, 5.74) is 7.04. The fourth-order valence-electron chi connectivity index (χ4n) is 1.74. The van der Waals surface area contributed by atoms with E-state index in [2.05, 4.69) is 33.4 Å². The fourth-order valence-corrected chi connectivity index (χ4v) is 2.14. The van der Waals surface area contributed by atoms with Crippen molar-refractivity contribution in [1.29, 1.82) is 0 Å². The van der Waals surface area contributed by atoms with Crippen LogP contribution in [-0.4, -0.2) is 11.0 Å². The maximum atomic E-state index is 11.9. The second-order valence-electron chi connectivity index (χ2n) is 4.42. The Morgan fingerprint density at radius 1 is 1.10 bits per heavy atom. The van der Waals surface area contributed by atoms with E-state index < -0.39 is 12.0 Å². The summed E-state index contributed by atoms with van der Waals surface area (Å²) in [4.78, 5) is 11.9. The summed E-state index contributed by atoms with van der Waals surface area (Å²) < 4.78 is 0.915. The molecular weight excluding hydrogens is 332 g/mol. The third-order valence-corrected chi connectivity index (χ3v) is 3.37. The summed E-state index contributed by atoms with van der Waals surface area (Å²) in [7, 11) is 0. The van der Waals surface area contributed by atoms with Gasteiger partial charge in [-0.3, -0.25) is 15.6 Å². The molecule has 0 saturated carbocycles. The summed E-state index contributed by atoms with van der Waals surface area (Å²) >= 11 is 3.37. The molecule has 2 rings (SSSR count). The first-order valence-electron chi connectivity index (χ1n) is 6.31. The molecule has 0 unspecified atom stereocenters. The maximum Gasteiger partial charge on any atom is 0.271 e. The first-order valence-corrected chi connectivity index (χ1v) is 7.11. The van der Waals surface area contributed by atoms with E-state index in [0.717, 1.165) is 10.0 Å². The molecule has 0 aliphatic rings. The van der Waals surface area contributed by atoms with Crippen molar-refractivity contribution in [2.45, 2.75) is 6.10 Å². The lowest BCUT2D eigenvalue weighted by atomic mass is 10.1. The van der Waals surface area contributed by atoms with E-state index in [-0.39, 0.29) is 0 Å². The molecule has 0 bridgehead atoms. The molecule has 5 heteroatoms.